The average molecular weight is 391 g/mol. The van der Waals surface area contributed by atoms with Gasteiger partial charge in [0, 0.05) is 26.1 Å². The number of carbonyl (C=O) groups is 2. The van der Waals surface area contributed by atoms with Crippen LogP contribution < -0.4 is 0 Å². The minimum atomic E-state index is -0.313. The number of carbonyl (C=O) groups excluding carboxylic acids is 2. The lowest BCUT2D eigenvalue weighted by molar-refractivity contribution is -0.162. The van der Waals surface area contributed by atoms with Crippen LogP contribution in [0.4, 0.5) is 0 Å². The van der Waals surface area contributed by atoms with Crippen LogP contribution in [0, 0.1) is 0 Å². The summed E-state index contributed by atoms with van der Waals surface area (Å²) in [6, 6.07) is 0. The van der Waals surface area contributed by atoms with Gasteiger partial charge >= 0.3 is 5.97 Å². The Morgan fingerprint density at radius 1 is 1.16 bits per heavy atom. The van der Waals surface area contributed by atoms with Crippen LogP contribution in [0.3, 0.4) is 0 Å². The summed E-state index contributed by atoms with van der Waals surface area (Å²) in [5.74, 6) is 2.05. The van der Waals surface area contributed by atoms with Crippen LogP contribution in [-0.4, -0.2) is 54.0 Å². The molecule has 2 heterocycles. The van der Waals surface area contributed by atoms with Crippen molar-refractivity contribution >= 4 is 35.3 Å². The first-order chi connectivity index (χ1) is 12.1. The molecule has 5 nitrogen and oxygen atoms in total. The van der Waals surface area contributed by atoms with E-state index in [1.54, 1.807) is 0 Å². The van der Waals surface area contributed by atoms with Crippen molar-refractivity contribution in [2.24, 2.45) is 0 Å². The van der Waals surface area contributed by atoms with Gasteiger partial charge in [-0.2, -0.15) is 0 Å². The molecule has 2 aliphatic heterocycles. The fraction of sp³-hybridized carbons (Fsp3) is 0.889. The fourth-order valence-electron chi connectivity index (χ4n) is 3.08. The Hall–Kier alpha value is -0.240. The van der Waals surface area contributed by atoms with Crippen LogP contribution in [-0.2, 0) is 23.8 Å². The van der Waals surface area contributed by atoms with E-state index in [1.165, 1.54) is 20.0 Å². The minimum absolute atomic E-state index is 0.0435. The number of hydrogen-bond acceptors (Lipinski definition) is 7. The molecule has 2 fully saturated rings. The molecule has 2 aliphatic rings. The van der Waals surface area contributed by atoms with Crippen LogP contribution in [0.2, 0.25) is 0 Å². The molecular weight excluding hydrogens is 360 g/mol. The van der Waals surface area contributed by atoms with Crippen LogP contribution >= 0.6 is 23.5 Å². The highest BCUT2D eigenvalue weighted by atomic mass is 32.2. The van der Waals surface area contributed by atoms with Crippen LogP contribution in [0.1, 0.15) is 57.8 Å². The molecule has 25 heavy (non-hydrogen) atoms. The first-order valence-corrected chi connectivity index (χ1v) is 11.2. The summed E-state index contributed by atoms with van der Waals surface area (Å²) in [5.41, 5.74) is 0. The molecule has 144 valence electrons. The van der Waals surface area contributed by atoms with Gasteiger partial charge in [-0.25, -0.2) is 0 Å². The lowest BCUT2D eigenvalue weighted by Gasteiger charge is -2.36. The Labute approximate surface area is 159 Å². The van der Waals surface area contributed by atoms with E-state index in [0.717, 1.165) is 43.8 Å². The first-order valence-electron chi connectivity index (χ1n) is 9.23. The molecule has 0 amide bonds. The van der Waals surface area contributed by atoms with Crippen molar-refractivity contribution < 1.29 is 23.8 Å². The van der Waals surface area contributed by atoms with Crippen LogP contribution in [0.25, 0.3) is 0 Å². The average Bonchev–Trinajstić information content (AvgIpc) is 2.65. The normalized spacial score (nSPS) is 23.2. The third-order valence-corrected chi connectivity index (χ3v) is 7.91. The highest BCUT2D eigenvalue weighted by Crippen LogP contribution is 2.48. The summed E-state index contributed by atoms with van der Waals surface area (Å²) < 4.78 is 16.0. The SMILES string of the molecule is COC(=O)CCC(=O)CC1(CCCOC2CCCCO2)SCCCS1. The van der Waals surface area contributed by atoms with Crippen molar-refractivity contribution in [1.82, 2.24) is 0 Å². The molecule has 0 aromatic rings. The molecule has 0 aromatic heterocycles. The molecule has 0 spiro atoms. The number of hydrogen-bond donors (Lipinski definition) is 0. The zero-order valence-corrected chi connectivity index (χ0v) is 16.8. The molecule has 0 bridgehead atoms. The predicted octanol–water partition coefficient (Wildman–Crippen LogP) is 3.79. The Morgan fingerprint density at radius 2 is 1.96 bits per heavy atom. The molecule has 0 aliphatic carbocycles. The molecule has 0 saturated carbocycles. The summed E-state index contributed by atoms with van der Waals surface area (Å²) >= 11 is 3.81. The zero-order chi connectivity index (χ0) is 18.0. The van der Waals surface area contributed by atoms with Crippen molar-refractivity contribution in [2.45, 2.75) is 68.2 Å². The van der Waals surface area contributed by atoms with Crippen molar-refractivity contribution in [2.75, 3.05) is 31.8 Å². The summed E-state index contributed by atoms with van der Waals surface area (Å²) in [6.45, 7) is 1.49. The van der Waals surface area contributed by atoms with Crippen LogP contribution in [0.15, 0.2) is 0 Å². The maximum absolute atomic E-state index is 12.3. The van der Waals surface area contributed by atoms with E-state index >= 15 is 0 Å². The standard InChI is InChI=1S/C18H30O5S2/c1-21-16(20)8-7-15(19)14-18(24-12-5-13-25-18)9-4-11-23-17-6-2-3-10-22-17/h17H,2-14H2,1H3. The third-order valence-electron chi connectivity index (χ3n) is 4.46. The van der Waals surface area contributed by atoms with Gasteiger partial charge in [-0.1, -0.05) is 0 Å². The van der Waals surface area contributed by atoms with Crippen molar-refractivity contribution in [3.05, 3.63) is 0 Å². The van der Waals surface area contributed by atoms with E-state index in [-0.39, 0.29) is 35.0 Å². The number of esters is 1. The molecule has 0 radical (unpaired) electrons. The largest absolute Gasteiger partial charge is 0.469 e. The molecule has 2 saturated heterocycles. The second-order valence-electron chi connectivity index (χ2n) is 6.52. The Morgan fingerprint density at radius 3 is 2.64 bits per heavy atom. The third kappa shape index (κ3) is 7.89. The summed E-state index contributed by atoms with van der Waals surface area (Å²) in [5, 5.41) is 0. The molecule has 0 aromatic carbocycles. The zero-order valence-electron chi connectivity index (χ0n) is 15.1. The number of methoxy groups -OCH3 is 1. The van der Waals surface area contributed by atoms with Crippen molar-refractivity contribution in [3.8, 4) is 0 Å². The highest BCUT2D eigenvalue weighted by Gasteiger charge is 2.35. The van der Waals surface area contributed by atoms with Gasteiger partial charge in [0.2, 0.25) is 0 Å². The maximum Gasteiger partial charge on any atom is 0.305 e. The molecule has 1 atom stereocenters. The van der Waals surface area contributed by atoms with Crippen molar-refractivity contribution in [1.29, 1.82) is 0 Å². The van der Waals surface area contributed by atoms with E-state index in [0.29, 0.717) is 13.0 Å². The second-order valence-corrected chi connectivity index (χ2v) is 9.74. The van der Waals surface area contributed by atoms with E-state index in [4.69, 9.17) is 9.47 Å². The van der Waals surface area contributed by atoms with Gasteiger partial charge in [0.15, 0.2) is 6.29 Å². The van der Waals surface area contributed by atoms with E-state index in [9.17, 15) is 9.59 Å². The molecular formula is C18H30O5S2. The van der Waals surface area contributed by atoms with E-state index in [2.05, 4.69) is 4.74 Å². The second kappa shape index (κ2) is 11.5. The number of rotatable bonds is 10. The number of thioether (sulfide) groups is 2. The van der Waals surface area contributed by atoms with Gasteiger partial charge < -0.3 is 14.2 Å². The molecule has 0 N–H and O–H groups in total. The molecule has 2 rings (SSSR count). The van der Waals surface area contributed by atoms with Gasteiger partial charge in [0.25, 0.3) is 0 Å². The van der Waals surface area contributed by atoms with E-state index in [1.807, 2.05) is 23.5 Å². The van der Waals surface area contributed by atoms with Gasteiger partial charge in [0.1, 0.15) is 5.78 Å². The van der Waals surface area contributed by atoms with E-state index < -0.39 is 0 Å². The minimum Gasteiger partial charge on any atom is -0.469 e. The number of ether oxygens (including phenoxy) is 3. The molecule has 1 unspecified atom stereocenters. The van der Waals surface area contributed by atoms with Crippen molar-refractivity contribution in [3.63, 3.8) is 0 Å². The molecule has 7 heteroatoms. The van der Waals surface area contributed by atoms with Gasteiger partial charge in [-0.05, 0) is 50.0 Å². The Bertz CT molecular complexity index is 418. The van der Waals surface area contributed by atoms with Gasteiger partial charge in [0.05, 0.1) is 17.6 Å². The Balaban J connectivity index is 1.74. The van der Waals surface area contributed by atoms with Crippen LogP contribution in [0.5, 0.6) is 0 Å². The van der Waals surface area contributed by atoms with Gasteiger partial charge in [-0.15, -0.1) is 23.5 Å². The quantitative estimate of drug-likeness (QED) is 0.415. The maximum atomic E-state index is 12.3. The monoisotopic (exact) mass is 390 g/mol. The topological polar surface area (TPSA) is 61.8 Å². The summed E-state index contributed by atoms with van der Waals surface area (Å²) in [7, 11) is 1.36. The summed E-state index contributed by atoms with van der Waals surface area (Å²) in [4.78, 5) is 23.6. The predicted molar refractivity (Wildman–Crippen MR) is 102 cm³/mol. The number of Topliss-reactive ketones (excluding diaryl/α,β-unsaturated/α-hetero) is 1. The van der Waals surface area contributed by atoms with Gasteiger partial charge in [-0.3, -0.25) is 9.59 Å². The first kappa shape index (κ1) is 21.1. The Kier molecular flexibility index (Phi) is 9.66. The summed E-state index contributed by atoms with van der Waals surface area (Å²) in [6.07, 6.45) is 7.32. The fourth-order valence-corrected chi connectivity index (χ4v) is 6.52. The smallest absolute Gasteiger partial charge is 0.305 e. The number of ketones is 1. The lowest BCUT2D eigenvalue weighted by atomic mass is 10.1. The lowest BCUT2D eigenvalue weighted by Crippen LogP contribution is -2.30. The highest BCUT2D eigenvalue weighted by molar-refractivity contribution is 8.18.